The number of carbonyl (C=O) groups excluding carboxylic acids is 1. The fraction of sp³-hybridized carbons (Fsp3) is 0.600. The van der Waals surface area contributed by atoms with Crippen molar-refractivity contribution >= 4 is 17.8 Å². The molecule has 1 spiro atoms. The van der Waals surface area contributed by atoms with Crippen LogP contribution < -0.4 is 0 Å². The van der Waals surface area contributed by atoms with E-state index in [-0.39, 0.29) is 5.91 Å². The number of nitrogens with zero attached hydrogens (tertiary/aromatic N) is 3. The molecule has 2 saturated heterocycles. The molecule has 3 heterocycles. The fourth-order valence-corrected chi connectivity index (χ4v) is 3.17. The van der Waals surface area contributed by atoms with Crippen LogP contribution in [0.2, 0.25) is 0 Å². The number of carboxylic acid groups (broad SMARTS) is 2. The number of rotatable bonds is 2. The minimum Gasteiger partial charge on any atom is -0.475 e. The summed E-state index contributed by atoms with van der Waals surface area (Å²) in [6, 6.07) is 4.04. The number of alkyl halides is 6. The molecule has 2 aliphatic heterocycles. The highest BCUT2D eigenvalue weighted by atomic mass is 19.4. The van der Waals surface area contributed by atoms with E-state index in [1.165, 1.54) is 5.56 Å². The Hall–Kier alpha value is -2.98. The molecule has 1 unspecified atom stereocenters. The van der Waals surface area contributed by atoms with Gasteiger partial charge in [0.15, 0.2) is 0 Å². The molecule has 1 aromatic heterocycles. The van der Waals surface area contributed by atoms with Crippen molar-refractivity contribution in [1.29, 1.82) is 0 Å². The molecule has 16 heteroatoms. The summed E-state index contributed by atoms with van der Waals surface area (Å²) in [5, 5.41) is 14.2. The second-order valence-electron chi connectivity index (χ2n) is 7.70. The number of hydrogen-bond acceptors (Lipinski definition) is 7. The molecule has 10 nitrogen and oxygen atoms in total. The van der Waals surface area contributed by atoms with Gasteiger partial charge in [0, 0.05) is 45.5 Å². The Balaban J connectivity index is 0.000000383. The van der Waals surface area contributed by atoms with E-state index < -0.39 is 29.9 Å². The van der Waals surface area contributed by atoms with Gasteiger partial charge in [-0.1, -0.05) is 6.07 Å². The van der Waals surface area contributed by atoms with Crippen LogP contribution in [0.5, 0.6) is 0 Å². The van der Waals surface area contributed by atoms with Crippen LogP contribution in [0.15, 0.2) is 24.5 Å². The highest BCUT2D eigenvalue weighted by molar-refractivity contribution is 5.73. The van der Waals surface area contributed by atoms with Gasteiger partial charge in [-0.25, -0.2) is 9.59 Å². The number of hydrogen-bond donors (Lipinski definition) is 2. The van der Waals surface area contributed by atoms with Gasteiger partial charge in [0.25, 0.3) is 0 Å². The second kappa shape index (κ2) is 13.4. The third-order valence-electron chi connectivity index (χ3n) is 4.74. The molecule has 0 radical (unpaired) electrons. The molecule has 1 amide bonds. The summed E-state index contributed by atoms with van der Waals surface area (Å²) in [4.78, 5) is 37.9. The Morgan fingerprint density at radius 3 is 2.08 bits per heavy atom. The van der Waals surface area contributed by atoms with Crippen LogP contribution in [0.4, 0.5) is 26.3 Å². The molecular formula is C20H25F6N3O7. The molecule has 2 fully saturated rings. The first-order valence-corrected chi connectivity index (χ1v) is 10.2. The number of morpholine rings is 1. The molecule has 36 heavy (non-hydrogen) atoms. The average Bonchev–Trinajstić information content (AvgIpc) is 2.97. The standard InChI is InChI=1S/C16H23N3O3.2C2HF3O2/c1-14(20)19-6-7-21-13-16(12-19)11-18(5-8-22-16)10-15-3-2-4-17-9-15;2*3-2(4,5)1(6)7/h2-4,9H,5-8,10-13H2,1H3;2*(H,6,7). The van der Waals surface area contributed by atoms with E-state index in [2.05, 4.69) is 16.0 Å². The van der Waals surface area contributed by atoms with E-state index in [1.807, 2.05) is 17.2 Å². The summed E-state index contributed by atoms with van der Waals surface area (Å²) in [7, 11) is 0. The Bertz CT molecular complexity index is 846. The largest absolute Gasteiger partial charge is 0.490 e. The lowest BCUT2D eigenvalue weighted by Crippen LogP contribution is -2.58. The quantitative estimate of drug-likeness (QED) is 0.547. The van der Waals surface area contributed by atoms with Crippen LogP contribution in [-0.4, -0.2) is 107 Å². The Labute approximate surface area is 201 Å². The molecule has 2 aliphatic rings. The van der Waals surface area contributed by atoms with Gasteiger partial charge in [-0.05, 0) is 11.6 Å². The second-order valence-corrected chi connectivity index (χ2v) is 7.70. The zero-order valence-corrected chi connectivity index (χ0v) is 19.0. The maximum Gasteiger partial charge on any atom is 0.490 e. The van der Waals surface area contributed by atoms with E-state index in [0.29, 0.717) is 32.9 Å². The van der Waals surface area contributed by atoms with Crippen LogP contribution >= 0.6 is 0 Å². The van der Waals surface area contributed by atoms with Gasteiger partial charge in [-0.3, -0.25) is 14.7 Å². The van der Waals surface area contributed by atoms with Crippen molar-refractivity contribution < 1.29 is 60.4 Å². The number of aliphatic carboxylic acids is 2. The van der Waals surface area contributed by atoms with Crippen LogP contribution in [0, 0.1) is 0 Å². The van der Waals surface area contributed by atoms with Gasteiger partial charge >= 0.3 is 24.3 Å². The monoisotopic (exact) mass is 533 g/mol. The van der Waals surface area contributed by atoms with Gasteiger partial charge in [-0.15, -0.1) is 0 Å². The molecule has 0 aromatic carbocycles. The zero-order chi connectivity index (χ0) is 27.6. The van der Waals surface area contributed by atoms with E-state index in [9.17, 15) is 31.1 Å². The number of amides is 1. The first kappa shape index (κ1) is 31.1. The van der Waals surface area contributed by atoms with Gasteiger partial charge in [-0.2, -0.15) is 26.3 Å². The molecular weight excluding hydrogens is 508 g/mol. The van der Waals surface area contributed by atoms with Crippen molar-refractivity contribution in [3.05, 3.63) is 30.1 Å². The molecule has 3 rings (SSSR count). The van der Waals surface area contributed by atoms with Gasteiger partial charge in [0.2, 0.25) is 5.91 Å². The molecule has 1 aromatic rings. The maximum atomic E-state index is 11.7. The molecule has 2 N–H and O–H groups in total. The summed E-state index contributed by atoms with van der Waals surface area (Å²) in [5.41, 5.74) is 0.778. The number of carbonyl (C=O) groups is 3. The molecule has 1 atom stereocenters. The lowest BCUT2D eigenvalue weighted by Gasteiger charge is -2.43. The Morgan fingerprint density at radius 2 is 1.61 bits per heavy atom. The first-order valence-electron chi connectivity index (χ1n) is 10.2. The third kappa shape index (κ3) is 11.2. The number of aromatic nitrogens is 1. The Morgan fingerprint density at radius 1 is 1.03 bits per heavy atom. The van der Waals surface area contributed by atoms with Crippen LogP contribution in [0.1, 0.15) is 12.5 Å². The zero-order valence-electron chi connectivity index (χ0n) is 19.0. The van der Waals surface area contributed by atoms with E-state index in [4.69, 9.17) is 29.3 Å². The summed E-state index contributed by atoms with van der Waals surface area (Å²) >= 11 is 0. The molecule has 204 valence electrons. The number of pyridine rings is 1. The summed E-state index contributed by atoms with van der Waals surface area (Å²) in [5.74, 6) is -5.43. The van der Waals surface area contributed by atoms with Crippen molar-refractivity contribution in [3.8, 4) is 0 Å². The predicted molar refractivity (Wildman–Crippen MR) is 109 cm³/mol. The van der Waals surface area contributed by atoms with Gasteiger partial charge in [0.1, 0.15) is 5.60 Å². The van der Waals surface area contributed by atoms with Crippen molar-refractivity contribution in [2.75, 3.05) is 46.0 Å². The van der Waals surface area contributed by atoms with Crippen molar-refractivity contribution in [2.45, 2.75) is 31.4 Å². The summed E-state index contributed by atoms with van der Waals surface area (Å²) in [6.45, 7) is 7.13. The maximum absolute atomic E-state index is 11.7. The first-order chi connectivity index (χ1) is 16.6. The third-order valence-corrected chi connectivity index (χ3v) is 4.74. The van der Waals surface area contributed by atoms with Crippen molar-refractivity contribution in [2.24, 2.45) is 0 Å². The van der Waals surface area contributed by atoms with Crippen LogP contribution in [0.25, 0.3) is 0 Å². The minimum atomic E-state index is -5.08. The number of ether oxygens (including phenoxy) is 2. The van der Waals surface area contributed by atoms with Gasteiger partial charge in [0.05, 0.1) is 26.4 Å². The lowest BCUT2D eigenvalue weighted by molar-refractivity contribution is -0.193. The normalized spacial score (nSPS) is 20.8. The summed E-state index contributed by atoms with van der Waals surface area (Å²) in [6.07, 6.45) is -6.48. The van der Waals surface area contributed by atoms with Gasteiger partial charge < -0.3 is 24.6 Å². The molecule has 0 saturated carbocycles. The van der Waals surface area contributed by atoms with Crippen molar-refractivity contribution in [1.82, 2.24) is 14.8 Å². The SMILES string of the molecule is CC(=O)N1CCOCC2(CN(Cc3cccnc3)CCO2)C1.O=C(O)C(F)(F)F.O=C(O)C(F)(F)F. The van der Waals surface area contributed by atoms with Crippen LogP contribution in [0.3, 0.4) is 0 Å². The predicted octanol–water partition coefficient (Wildman–Crippen LogP) is 1.80. The van der Waals surface area contributed by atoms with Crippen LogP contribution in [-0.2, 0) is 30.4 Å². The van der Waals surface area contributed by atoms with E-state index in [1.54, 1.807) is 13.1 Å². The average molecular weight is 533 g/mol. The number of carboxylic acids is 2. The highest BCUT2D eigenvalue weighted by Crippen LogP contribution is 2.24. The molecule has 0 bridgehead atoms. The smallest absolute Gasteiger partial charge is 0.475 e. The summed E-state index contributed by atoms with van der Waals surface area (Å²) < 4.78 is 75.2. The topological polar surface area (TPSA) is 130 Å². The highest BCUT2D eigenvalue weighted by Gasteiger charge is 2.41. The fourth-order valence-electron chi connectivity index (χ4n) is 3.17. The number of halogens is 6. The van der Waals surface area contributed by atoms with Crippen molar-refractivity contribution in [3.63, 3.8) is 0 Å². The Kier molecular flexibility index (Phi) is 11.5. The lowest BCUT2D eigenvalue weighted by atomic mass is 10.0. The van der Waals surface area contributed by atoms with E-state index in [0.717, 1.165) is 19.6 Å². The van der Waals surface area contributed by atoms with E-state index >= 15 is 0 Å². The minimum absolute atomic E-state index is 0.0813. The molecule has 0 aliphatic carbocycles.